The van der Waals surface area contributed by atoms with E-state index < -0.39 is 54.9 Å². The lowest BCUT2D eigenvalue weighted by atomic mass is 9.93. The molecular formula is C15H11F15OS. The second-order valence-corrected chi connectivity index (χ2v) is 7.10. The van der Waals surface area contributed by atoms with Gasteiger partial charge in [-0.1, -0.05) is 0 Å². The van der Waals surface area contributed by atoms with Crippen molar-refractivity contribution < 1.29 is 70.6 Å². The number of aryl methyl sites for hydroxylation is 1. The molecule has 0 aliphatic carbocycles. The fraction of sp³-hybridized carbons (Fsp3) is 0.733. The maximum atomic E-state index is 13.5. The van der Waals surface area contributed by atoms with E-state index in [-0.39, 0.29) is 12.8 Å². The highest BCUT2D eigenvalue weighted by atomic mass is 32.1. The van der Waals surface area contributed by atoms with Gasteiger partial charge in [-0.3, -0.25) is 0 Å². The molecule has 0 aliphatic heterocycles. The topological polar surface area (TPSA) is 9.23 Å². The Labute approximate surface area is 173 Å². The summed E-state index contributed by atoms with van der Waals surface area (Å²) in [5.74, 6) is -40.3. The van der Waals surface area contributed by atoms with Crippen LogP contribution in [0.3, 0.4) is 0 Å². The lowest BCUT2D eigenvalue weighted by Gasteiger charge is -2.41. The first kappa shape index (κ1) is 28.6. The van der Waals surface area contributed by atoms with Gasteiger partial charge in [0.2, 0.25) is 0 Å². The molecule has 0 saturated carbocycles. The van der Waals surface area contributed by atoms with E-state index in [2.05, 4.69) is 4.74 Å². The van der Waals surface area contributed by atoms with Gasteiger partial charge in [0.05, 0.1) is 6.61 Å². The molecule has 1 aromatic rings. The third-order valence-corrected chi connectivity index (χ3v) is 4.75. The molecule has 0 aliphatic rings. The van der Waals surface area contributed by atoms with Crippen LogP contribution in [0.4, 0.5) is 65.9 Å². The number of unbranched alkanes of at least 4 members (excludes halogenated alkanes) is 1. The number of thiophene rings is 1. The number of rotatable bonds is 11. The Balaban J connectivity index is 3.06. The second kappa shape index (κ2) is 8.76. The molecule has 17 heteroatoms. The van der Waals surface area contributed by atoms with Gasteiger partial charge in [-0.15, -0.1) is 0 Å². The van der Waals surface area contributed by atoms with E-state index in [9.17, 15) is 65.9 Å². The van der Waals surface area contributed by atoms with Crippen LogP contribution in [-0.2, 0) is 11.2 Å². The number of hydrogen-bond donors (Lipinski definition) is 0. The number of ether oxygens (including phenoxy) is 1. The number of halogens is 15. The Morgan fingerprint density at radius 2 is 1.09 bits per heavy atom. The molecular weight excluding hydrogens is 513 g/mol. The minimum absolute atomic E-state index is 0.0686. The van der Waals surface area contributed by atoms with Crippen LogP contribution in [-0.4, -0.2) is 48.5 Å². The number of hydrogen-bond acceptors (Lipinski definition) is 2. The van der Waals surface area contributed by atoms with E-state index in [1.165, 1.54) is 11.3 Å². The Morgan fingerprint density at radius 1 is 0.625 bits per heavy atom. The minimum Gasteiger partial charge on any atom is -0.316 e. The van der Waals surface area contributed by atoms with Crippen molar-refractivity contribution in [3.8, 4) is 0 Å². The van der Waals surface area contributed by atoms with E-state index in [0.717, 1.165) is 0 Å². The molecule has 0 bridgehead atoms. The van der Waals surface area contributed by atoms with Gasteiger partial charge in [0, 0.05) is 0 Å². The Morgan fingerprint density at radius 3 is 1.53 bits per heavy atom. The molecule has 0 saturated heterocycles. The normalized spacial score (nSPS) is 15.3. The van der Waals surface area contributed by atoms with E-state index in [1.807, 2.05) is 0 Å². The van der Waals surface area contributed by atoms with Crippen LogP contribution in [0.2, 0.25) is 0 Å². The summed E-state index contributed by atoms with van der Waals surface area (Å²) in [4.78, 5) is 0. The fourth-order valence-electron chi connectivity index (χ4n) is 2.11. The molecule has 1 rings (SSSR count). The Bertz CT molecular complexity index is 739. The van der Waals surface area contributed by atoms with Gasteiger partial charge in [0.1, 0.15) is 0 Å². The van der Waals surface area contributed by atoms with Crippen LogP contribution in [0.5, 0.6) is 0 Å². The second-order valence-electron chi connectivity index (χ2n) is 6.32. The van der Waals surface area contributed by atoms with Crippen molar-refractivity contribution in [2.24, 2.45) is 0 Å². The molecule has 0 unspecified atom stereocenters. The highest BCUT2D eigenvalue weighted by Gasteiger charge is 2.93. The number of alkyl halides is 15. The molecule has 0 amide bonds. The van der Waals surface area contributed by atoms with E-state index in [4.69, 9.17) is 0 Å². The molecule has 0 radical (unpaired) electrons. The van der Waals surface area contributed by atoms with E-state index in [0.29, 0.717) is 5.56 Å². The zero-order chi connectivity index (χ0) is 25.4. The maximum Gasteiger partial charge on any atom is 0.460 e. The van der Waals surface area contributed by atoms with Gasteiger partial charge in [-0.2, -0.15) is 77.2 Å². The van der Waals surface area contributed by atoms with Crippen molar-refractivity contribution in [1.82, 2.24) is 0 Å². The monoisotopic (exact) mass is 524 g/mol. The minimum atomic E-state index is -8.30. The van der Waals surface area contributed by atoms with Crippen LogP contribution >= 0.6 is 11.3 Å². The standard InChI is InChI=1S/C15H11F15OS/c16-9(17,10(18,19)12(22,23)14(26,27)28)11(20,21)13(24,25)15(29,30)31-5-2-1-3-8-4-6-32-7-8/h4,6-7H,1-3,5H2. The fourth-order valence-corrected chi connectivity index (χ4v) is 2.81. The molecule has 1 heterocycles. The van der Waals surface area contributed by atoms with E-state index >= 15 is 0 Å². The highest BCUT2D eigenvalue weighted by molar-refractivity contribution is 7.07. The molecule has 0 spiro atoms. The van der Waals surface area contributed by atoms with Crippen molar-refractivity contribution in [3.63, 3.8) is 0 Å². The van der Waals surface area contributed by atoms with Crippen molar-refractivity contribution in [2.45, 2.75) is 61.2 Å². The third-order valence-electron chi connectivity index (χ3n) is 4.02. The Kier molecular flexibility index (Phi) is 7.84. The summed E-state index contributed by atoms with van der Waals surface area (Å²) in [5.41, 5.74) is 0.658. The van der Waals surface area contributed by atoms with Crippen molar-refractivity contribution >= 4 is 11.3 Å². The first-order chi connectivity index (χ1) is 14.1. The quantitative estimate of drug-likeness (QED) is 0.216. The smallest absolute Gasteiger partial charge is 0.316 e. The van der Waals surface area contributed by atoms with Gasteiger partial charge < -0.3 is 4.74 Å². The largest absolute Gasteiger partial charge is 0.460 e. The third kappa shape index (κ3) is 4.63. The first-order valence-electron chi connectivity index (χ1n) is 8.06. The summed E-state index contributed by atoms with van der Waals surface area (Å²) >= 11 is 1.23. The van der Waals surface area contributed by atoms with Gasteiger partial charge in [0.15, 0.2) is 0 Å². The van der Waals surface area contributed by atoms with Crippen molar-refractivity contribution in [3.05, 3.63) is 22.4 Å². The average Bonchev–Trinajstić information content (AvgIpc) is 3.12. The molecule has 0 aromatic carbocycles. The summed E-state index contributed by atoms with van der Waals surface area (Å²) in [7, 11) is 0. The lowest BCUT2D eigenvalue weighted by molar-refractivity contribution is -0.472. The summed E-state index contributed by atoms with van der Waals surface area (Å²) in [6, 6.07) is 1.58. The molecule has 1 aromatic heterocycles. The summed E-state index contributed by atoms with van der Waals surface area (Å²) in [6.45, 7) is -1.50. The molecule has 0 atom stereocenters. The molecule has 1 nitrogen and oxygen atoms in total. The van der Waals surface area contributed by atoms with Crippen LogP contribution in [0.15, 0.2) is 16.8 Å². The van der Waals surface area contributed by atoms with Crippen LogP contribution in [0.25, 0.3) is 0 Å². The van der Waals surface area contributed by atoms with Crippen LogP contribution in [0.1, 0.15) is 18.4 Å². The Hall–Kier alpha value is -1.39. The van der Waals surface area contributed by atoms with Gasteiger partial charge in [0.25, 0.3) is 0 Å². The predicted molar refractivity (Wildman–Crippen MR) is 78.9 cm³/mol. The SMILES string of the molecule is FC(F)(F)C(F)(F)C(F)(F)C(F)(F)C(F)(F)C(F)(F)C(F)(F)OCCCCc1ccsc1. The predicted octanol–water partition coefficient (Wildman–Crippen LogP) is 7.42. The van der Waals surface area contributed by atoms with Gasteiger partial charge in [-0.25, -0.2) is 0 Å². The highest BCUT2D eigenvalue weighted by Crippen LogP contribution is 2.62. The lowest BCUT2D eigenvalue weighted by Crippen LogP contribution is -2.72. The zero-order valence-electron chi connectivity index (χ0n) is 15.0. The van der Waals surface area contributed by atoms with Crippen LogP contribution in [0, 0.1) is 0 Å². The van der Waals surface area contributed by atoms with Crippen molar-refractivity contribution in [1.29, 1.82) is 0 Å². The maximum absolute atomic E-state index is 13.5. The summed E-state index contributed by atoms with van der Waals surface area (Å²) in [5, 5.41) is 3.21. The van der Waals surface area contributed by atoms with Gasteiger partial charge >= 0.3 is 41.9 Å². The molecule has 32 heavy (non-hydrogen) atoms. The van der Waals surface area contributed by atoms with Crippen molar-refractivity contribution in [2.75, 3.05) is 6.61 Å². The first-order valence-corrected chi connectivity index (χ1v) is 9.01. The molecule has 188 valence electrons. The molecule has 0 fully saturated rings. The van der Waals surface area contributed by atoms with Crippen LogP contribution < -0.4 is 0 Å². The average molecular weight is 524 g/mol. The van der Waals surface area contributed by atoms with E-state index in [1.54, 1.807) is 16.8 Å². The summed E-state index contributed by atoms with van der Waals surface area (Å²) in [6.07, 6.45) is -14.7. The summed E-state index contributed by atoms with van der Waals surface area (Å²) < 4.78 is 198. The van der Waals surface area contributed by atoms with Gasteiger partial charge in [-0.05, 0) is 41.7 Å². The zero-order valence-corrected chi connectivity index (χ0v) is 15.9. The molecule has 0 N–H and O–H groups in total.